The van der Waals surface area contributed by atoms with Crippen molar-refractivity contribution in [2.75, 3.05) is 13.7 Å². The Labute approximate surface area is 102 Å². The Morgan fingerprint density at radius 2 is 2.28 bits per heavy atom. The van der Waals surface area contributed by atoms with Gasteiger partial charge in [-0.15, -0.1) is 0 Å². The van der Waals surface area contributed by atoms with Crippen LogP contribution in [0.1, 0.15) is 35.1 Å². The Morgan fingerprint density at radius 1 is 1.61 bits per heavy atom. The number of carbonyl (C=O) groups is 1. The van der Waals surface area contributed by atoms with E-state index < -0.39 is 23.8 Å². The predicted octanol–water partition coefficient (Wildman–Crippen LogP) is 2.08. The normalized spacial score (nSPS) is 10.0. The van der Waals surface area contributed by atoms with Crippen LogP contribution in [0, 0.1) is 11.3 Å². The summed E-state index contributed by atoms with van der Waals surface area (Å²) >= 11 is 0. The molecule has 0 bridgehead atoms. The van der Waals surface area contributed by atoms with Gasteiger partial charge in [0.15, 0.2) is 11.4 Å². The number of hydrogen-bond acceptors (Lipinski definition) is 5. The largest absolute Gasteiger partial charge is 0.493 e. The summed E-state index contributed by atoms with van der Waals surface area (Å²) in [7, 11) is 1.21. The Balaban J connectivity index is 3.41. The number of esters is 1. The summed E-state index contributed by atoms with van der Waals surface area (Å²) in [6.07, 6.45) is -2.89. The molecule has 0 aliphatic heterocycles. The van der Waals surface area contributed by atoms with Crippen LogP contribution in [-0.2, 0) is 4.74 Å². The molecule has 1 aromatic rings. The van der Waals surface area contributed by atoms with Gasteiger partial charge in [0.1, 0.15) is 11.8 Å². The molecular formula is C11H10F2N2O3. The summed E-state index contributed by atoms with van der Waals surface area (Å²) in [4.78, 5) is 15.0. The number of aromatic nitrogens is 1. The number of nitrogens with zero attached hydrogens (tertiary/aromatic N) is 2. The quantitative estimate of drug-likeness (QED) is 0.771. The molecule has 1 heterocycles. The predicted molar refractivity (Wildman–Crippen MR) is 56.4 cm³/mol. The fourth-order valence-corrected chi connectivity index (χ4v) is 1.29. The fraction of sp³-hybridized carbons (Fsp3) is 0.364. The van der Waals surface area contributed by atoms with Gasteiger partial charge in [-0.2, -0.15) is 5.26 Å². The molecular weight excluding hydrogens is 246 g/mol. The van der Waals surface area contributed by atoms with Gasteiger partial charge in [-0.25, -0.2) is 18.6 Å². The van der Waals surface area contributed by atoms with Crippen molar-refractivity contribution in [3.05, 3.63) is 23.0 Å². The third kappa shape index (κ3) is 2.71. The summed E-state index contributed by atoms with van der Waals surface area (Å²) in [5.41, 5.74) is -1.28. The molecule has 0 atom stereocenters. The maximum Gasteiger partial charge on any atom is 0.360 e. The molecule has 0 saturated heterocycles. The first-order valence-corrected chi connectivity index (χ1v) is 4.99. The van der Waals surface area contributed by atoms with Crippen LogP contribution in [0.3, 0.4) is 0 Å². The van der Waals surface area contributed by atoms with Crippen molar-refractivity contribution in [3.63, 3.8) is 0 Å². The first-order chi connectivity index (χ1) is 8.54. The van der Waals surface area contributed by atoms with Crippen LogP contribution < -0.4 is 4.74 Å². The van der Waals surface area contributed by atoms with Gasteiger partial charge in [0, 0.05) is 0 Å². The molecule has 0 amide bonds. The summed E-state index contributed by atoms with van der Waals surface area (Å²) in [5, 5.41) is 8.84. The SMILES string of the molecule is CCOC(=O)c1nc(C(F)F)cc(C#N)c1OC. The van der Waals surface area contributed by atoms with E-state index in [0.717, 1.165) is 6.07 Å². The van der Waals surface area contributed by atoms with Crippen molar-refractivity contribution in [1.82, 2.24) is 4.98 Å². The van der Waals surface area contributed by atoms with Gasteiger partial charge in [0.2, 0.25) is 0 Å². The lowest BCUT2D eigenvalue weighted by molar-refractivity contribution is 0.0513. The van der Waals surface area contributed by atoms with Gasteiger partial charge in [-0.3, -0.25) is 0 Å². The molecule has 0 aliphatic carbocycles. The number of pyridine rings is 1. The fourth-order valence-electron chi connectivity index (χ4n) is 1.29. The number of carbonyl (C=O) groups excluding carboxylic acids is 1. The minimum absolute atomic E-state index is 0.0600. The number of ether oxygens (including phenoxy) is 2. The van der Waals surface area contributed by atoms with E-state index in [1.807, 2.05) is 0 Å². The molecule has 0 saturated carbocycles. The second kappa shape index (κ2) is 5.91. The van der Waals surface area contributed by atoms with Crippen LogP contribution in [0.25, 0.3) is 0 Å². The number of methoxy groups -OCH3 is 1. The van der Waals surface area contributed by atoms with Crippen LogP contribution in [0.4, 0.5) is 8.78 Å². The summed E-state index contributed by atoms with van der Waals surface area (Å²) in [6, 6.07) is 2.55. The lowest BCUT2D eigenvalue weighted by Crippen LogP contribution is -2.12. The number of nitriles is 1. The lowest BCUT2D eigenvalue weighted by atomic mass is 10.1. The molecule has 5 nitrogen and oxygen atoms in total. The van der Waals surface area contributed by atoms with Crippen molar-refractivity contribution in [2.45, 2.75) is 13.3 Å². The van der Waals surface area contributed by atoms with E-state index in [2.05, 4.69) is 9.72 Å². The third-order valence-electron chi connectivity index (χ3n) is 2.01. The van der Waals surface area contributed by atoms with Crippen molar-refractivity contribution in [2.24, 2.45) is 0 Å². The Morgan fingerprint density at radius 3 is 2.72 bits per heavy atom. The Kier molecular flexibility index (Phi) is 4.54. The lowest BCUT2D eigenvalue weighted by Gasteiger charge is -2.10. The maximum absolute atomic E-state index is 12.6. The molecule has 96 valence electrons. The highest BCUT2D eigenvalue weighted by Crippen LogP contribution is 2.27. The molecule has 0 spiro atoms. The molecule has 0 N–H and O–H groups in total. The summed E-state index contributed by atoms with van der Waals surface area (Å²) in [5.74, 6) is -1.08. The number of alkyl halides is 2. The van der Waals surface area contributed by atoms with Crippen LogP contribution in [-0.4, -0.2) is 24.7 Å². The van der Waals surface area contributed by atoms with Crippen LogP contribution in [0.15, 0.2) is 6.07 Å². The van der Waals surface area contributed by atoms with Gasteiger partial charge in [-0.05, 0) is 13.0 Å². The van der Waals surface area contributed by atoms with Crippen molar-refractivity contribution in [1.29, 1.82) is 5.26 Å². The van der Waals surface area contributed by atoms with Crippen LogP contribution in [0.5, 0.6) is 5.75 Å². The van der Waals surface area contributed by atoms with Crippen molar-refractivity contribution in [3.8, 4) is 11.8 Å². The van der Waals surface area contributed by atoms with E-state index in [1.54, 1.807) is 13.0 Å². The van der Waals surface area contributed by atoms with Gasteiger partial charge >= 0.3 is 5.97 Å². The minimum atomic E-state index is -2.89. The average Bonchev–Trinajstić information content (AvgIpc) is 2.37. The van der Waals surface area contributed by atoms with E-state index >= 15 is 0 Å². The Bertz CT molecular complexity index is 498. The van der Waals surface area contributed by atoms with Gasteiger partial charge in [-0.1, -0.05) is 0 Å². The highest BCUT2D eigenvalue weighted by atomic mass is 19.3. The maximum atomic E-state index is 12.6. The number of hydrogen-bond donors (Lipinski definition) is 0. The molecule has 1 rings (SSSR count). The van der Waals surface area contributed by atoms with Gasteiger partial charge < -0.3 is 9.47 Å². The molecule has 1 aromatic heterocycles. The first-order valence-electron chi connectivity index (χ1n) is 4.99. The molecule has 0 aliphatic rings. The van der Waals surface area contributed by atoms with Crippen molar-refractivity contribution >= 4 is 5.97 Å². The van der Waals surface area contributed by atoms with E-state index in [1.165, 1.54) is 7.11 Å². The van der Waals surface area contributed by atoms with Crippen LogP contribution in [0.2, 0.25) is 0 Å². The van der Waals surface area contributed by atoms with Crippen molar-refractivity contribution < 1.29 is 23.0 Å². The number of halogens is 2. The minimum Gasteiger partial charge on any atom is -0.493 e. The zero-order chi connectivity index (χ0) is 13.7. The van der Waals surface area contributed by atoms with Gasteiger partial charge in [0.05, 0.1) is 19.3 Å². The standard InChI is InChI=1S/C11H10F2N2O3/c1-3-18-11(16)8-9(17-2)6(5-14)4-7(15-8)10(12)13/h4,10H,3H2,1-2H3. The molecule has 0 aromatic carbocycles. The molecule has 0 fully saturated rings. The summed E-state index contributed by atoms with van der Waals surface area (Å²) < 4.78 is 34.7. The zero-order valence-corrected chi connectivity index (χ0v) is 9.74. The molecule has 18 heavy (non-hydrogen) atoms. The van der Waals surface area contributed by atoms with Crippen LogP contribution >= 0.6 is 0 Å². The smallest absolute Gasteiger partial charge is 0.360 e. The third-order valence-corrected chi connectivity index (χ3v) is 2.01. The Hall–Kier alpha value is -2.23. The van der Waals surface area contributed by atoms with E-state index in [-0.39, 0.29) is 17.9 Å². The topological polar surface area (TPSA) is 72.2 Å². The second-order valence-electron chi connectivity index (χ2n) is 3.11. The van der Waals surface area contributed by atoms with Gasteiger partial charge in [0.25, 0.3) is 6.43 Å². The number of rotatable bonds is 4. The molecule has 7 heteroatoms. The van der Waals surface area contributed by atoms with E-state index in [0.29, 0.717) is 0 Å². The highest BCUT2D eigenvalue weighted by molar-refractivity contribution is 5.91. The van der Waals surface area contributed by atoms with E-state index in [4.69, 9.17) is 10.00 Å². The zero-order valence-electron chi connectivity index (χ0n) is 9.74. The monoisotopic (exact) mass is 256 g/mol. The first kappa shape index (κ1) is 13.8. The summed E-state index contributed by atoms with van der Waals surface area (Å²) in [6.45, 7) is 1.62. The molecule has 0 unspecified atom stereocenters. The highest BCUT2D eigenvalue weighted by Gasteiger charge is 2.23. The average molecular weight is 256 g/mol. The van der Waals surface area contributed by atoms with E-state index in [9.17, 15) is 13.6 Å². The second-order valence-corrected chi connectivity index (χ2v) is 3.11. The molecule has 0 radical (unpaired) electrons.